The van der Waals surface area contributed by atoms with Gasteiger partial charge in [0.15, 0.2) is 0 Å². The van der Waals surface area contributed by atoms with Gasteiger partial charge in [-0.1, -0.05) is 5.21 Å². The summed E-state index contributed by atoms with van der Waals surface area (Å²) in [5.74, 6) is 0. The molecule has 1 rings (SSSR count). The molecule has 0 aliphatic carbocycles. The molecule has 68 valence electrons. The summed E-state index contributed by atoms with van der Waals surface area (Å²) in [6.45, 7) is 1.73. The molecule has 0 saturated carbocycles. The van der Waals surface area contributed by atoms with Crippen LogP contribution in [0.25, 0.3) is 0 Å². The van der Waals surface area contributed by atoms with E-state index in [-0.39, 0.29) is 6.61 Å². The molecule has 0 amide bonds. The normalized spacial score (nSPS) is 16.0. The van der Waals surface area contributed by atoms with E-state index >= 15 is 0 Å². The molecule has 0 radical (unpaired) electrons. The van der Waals surface area contributed by atoms with E-state index in [1.807, 2.05) is 0 Å². The third-order valence-electron chi connectivity index (χ3n) is 1.60. The highest BCUT2D eigenvalue weighted by Gasteiger charge is 2.19. The van der Waals surface area contributed by atoms with Crippen LogP contribution in [0.5, 0.6) is 0 Å². The van der Waals surface area contributed by atoms with Crippen LogP contribution in [-0.4, -0.2) is 32.2 Å². The maximum absolute atomic E-state index is 8.88. The van der Waals surface area contributed by atoms with Crippen molar-refractivity contribution < 1.29 is 5.11 Å². The molecule has 0 spiro atoms. The van der Waals surface area contributed by atoms with E-state index in [2.05, 4.69) is 10.3 Å². The average Bonchev–Trinajstić information content (AvgIpc) is 2.35. The summed E-state index contributed by atoms with van der Waals surface area (Å²) in [6, 6.07) is 0. The zero-order chi connectivity index (χ0) is 9.19. The first-order valence-corrected chi connectivity index (χ1v) is 3.78. The van der Waals surface area contributed by atoms with Gasteiger partial charge >= 0.3 is 0 Å². The van der Waals surface area contributed by atoms with Gasteiger partial charge in [0.2, 0.25) is 0 Å². The van der Waals surface area contributed by atoms with Crippen LogP contribution in [0.15, 0.2) is 6.20 Å². The highest BCUT2D eigenvalue weighted by Crippen LogP contribution is 2.06. The van der Waals surface area contributed by atoms with Crippen molar-refractivity contribution in [3.8, 4) is 0 Å². The molecule has 0 saturated heterocycles. The third kappa shape index (κ3) is 2.28. The number of aryl methyl sites for hydroxylation is 1. The van der Waals surface area contributed by atoms with E-state index in [0.29, 0.717) is 6.42 Å². The fraction of sp³-hybridized carbons (Fsp3) is 0.714. The summed E-state index contributed by atoms with van der Waals surface area (Å²) in [6.07, 6.45) is 2.33. The lowest BCUT2D eigenvalue weighted by Crippen LogP contribution is -2.42. The molecule has 1 aromatic heterocycles. The van der Waals surface area contributed by atoms with Gasteiger partial charge in [0.05, 0.1) is 12.3 Å². The molecule has 5 heteroatoms. The molecule has 1 heterocycles. The van der Waals surface area contributed by atoms with E-state index < -0.39 is 5.54 Å². The number of aliphatic hydroxyl groups is 1. The van der Waals surface area contributed by atoms with Crippen molar-refractivity contribution in [3.05, 3.63) is 11.9 Å². The average molecular weight is 170 g/mol. The minimum absolute atomic E-state index is 0.0520. The fourth-order valence-electron chi connectivity index (χ4n) is 0.946. The number of nitrogens with two attached hydrogens (primary N) is 1. The molecule has 0 aromatic carbocycles. The lowest BCUT2D eigenvalue weighted by atomic mass is 9.99. The van der Waals surface area contributed by atoms with Gasteiger partial charge < -0.3 is 10.8 Å². The van der Waals surface area contributed by atoms with Crippen LogP contribution >= 0.6 is 0 Å². The summed E-state index contributed by atoms with van der Waals surface area (Å²) in [5.41, 5.74) is 5.93. The molecule has 5 nitrogen and oxygen atoms in total. The maximum Gasteiger partial charge on any atom is 0.0846 e. The second kappa shape index (κ2) is 3.20. The van der Waals surface area contributed by atoms with Crippen LogP contribution < -0.4 is 5.73 Å². The van der Waals surface area contributed by atoms with Crippen molar-refractivity contribution in [2.24, 2.45) is 12.8 Å². The topological polar surface area (TPSA) is 77.0 Å². The second-order valence-electron chi connectivity index (χ2n) is 3.37. The highest BCUT2D eigenvalue weighted by molar-refractivity contribution is 4.99. The SMILES string of the molecule is Cn1cc(CC(C)(N)CO)nn1. The summed E-state index contributed by atoms with van der Waals surface area (Å²) in [7, 11) is 1.79. The Morgan fingerprint density at radius 2 is 2.42 bits per heavy atom. The van der Waals surface area contributed by atoms with Crippen LogP contribution in [-0.2, 0) is 13.5 Å². The fourth-order valence-corrected chi connectivity index (χ4v) is 0.946. The molecular weight excluding hydrogens is 156 g/mol. The molecule has 3 N–H and O–H groups in total. The van der Waals surface area contributed by atoms with E-state index in [9.17, 15) is 0 Å². The van der Waals surface area contributed by atoms with Crippen molar-refractivity contribution in [1.29, 1.82) is 0 Å². The first kappa shape index (κ1) is 9.15. The zero-order valence-electron chi connectivity index (χ0n) is 7.36. The Bertz CT molecular complexity index is 256. The van der Waals surface area contributed by atoms with Gasteiger partial charge in [-0.05, 0) is 6.92 Å². The summed E-state index contributed by atoms with van der Waals surface area (Å²) in [4.78, 5) is 0. The van der Waals surface area contributed by atoms with Crippen LogP contribution in [0.4, 0.5) is 0 Å². The lowest BCUT2D eigenvalue weighted by Gasteiger charge is -2.19. The Kier molecular flexibility index (Phi) is 2.44. The second-order valence-corrected chi connectivity index (χ2v) is 3.37. The predicted molar refractivity (Wildman–Crippen MR) is 44.4 cm³/mol. The molecule has 0 bridgehead atoms. The van der Waals surface area contributed by atoms with E-state index in [4.69, 9.17) is 10.8 Å². The van der Waals surface area contributed by atoms with Crippen LogP contribution in [0, 0.1) is 0 Å². The number of rotatable bonds is 3. The molecule has 0 aliphatic rings. The predicted octanol–water partition coefficient (Wildman–Crippen LogP) is -0.933. The highest BCUT2D eigenvalue weighted by atomic mass is 16.3. The van der Waals surface area contributed by atoms with Gasteiger partial charge in [0, 0.05) is 25.2 Å². The Hall–Kier alpha value is -0.940. The van der Waals surface area contributed by atoms with E-state index in [1.54, 1.807) is 24.9 Å². The molecular formula is C7H14N4O. The van der Waals surface area contributed by atoms with Gasteiger partial charge in [-0.2, -0.15) is 0 Å². The maximum atomic E-state index is 8.88. The summed E-state index contributed by atoms with van der Waals surface area (Å²) >= 11 is 0. The van der Waals surface area contributed by atoms with Crippen molar-refractivity contribution in [2.75, 3.05) is 6.61 Å². The van der Waals surface area contributed by atoms with Crippen LogP contribution in [0.3, 0.4) is 0 Å². The monoisotopic (exact) mass is 170 g/mol. The van der Waals surface area contributed by atoms with Crippen molar-refractivity contribution >= 4 is 0 Å². The summed E-state index contributed by atoms with van der Waals surface area (Å²) < 4.78 is 1.61. The van der Waals surface area contributed by atoms with Crippen LogP contribution in [0.1, 0.15) is 12.6 Å². The summed E-state index contributed by atoms with van der Waals surface area (Å²) in [5, 5.41) is 16.5. The van der Waals surface area contributed by atoms with E-state index in [0.717, 1.165) is 5.69 Å². The van der Waals surface area contributed by atoms with Crippen molar-refractivity contribution in [2.45, 2.75) is 18.9 Å². The Labute approximate surface area is 71.2 Å². The molecule has 12 heavy (non-hydrogen) atoms. The molecule has 1 atom stereocenters. The molecule has 1 aromatic rings. The Balaban J connectivity index is 2.63. The molecule has 1 unspecified atom stereocenters. The number of aromatic nitrogens is 3. The molecule has 0 aliphatic heterocycles. The van der Waals surface area contributed by atoms with Crippen molar-refractivity contribution in [1.82, 2.24) is 15.0 Å². The minimum atomic E-state index is -0.601. The van der Waals surface area contributed by atoms with Gasteiger partial charge in [-0.25, -0.2) is 0 Å². The number of nitrogens with zero attached hydrogens (tertiary/aromatic N) is 3. The first-order chi connectivity index (χ1) is 5.53. The number of hydrogen-bond donors (Lipinski definition) is 2. The lowest BCUT2D eigenvalue weighted by molar-refractivity contribution is 0.207. The Morgan fingerprint density at radius 3 is 2.83 bits per heavy atom. The minimum Gasteiger partial charge on any atom is -0.394 e. The third-order valence-corrected chi connectivity index (χ3v) is 1.60. The van der Waals surface area contributed by atoms with Gasteiger partial charge in [-0.15, -0.1) is 5.10 Å². The standard InChI is InChI=1S/C7H14N4O/c1-7(8,5-12)3-6-4-11(2)10-9-6/h4,12H,3,5,8H2,1-2H3. The largest absolute Gasteiger partial charge is 0.394 e. The van der Waals surface area contributed by atoms with Gasteiger partial charge in [-0.3, -0.25) is 4.68 Å². The Morgan fingerprint density at radius 1 is 1.75 bits per heavy atom. The zero-order valence-corrected chi connectivity index (χ0v) is 7.36. The first-order valence-electron chi connectivity index (χ1n) is 3.78. The smallest absolute Gasteiger partial charge is 0.0846 e. The van der Waals surface area contributed by atoms with Gasteiger partial charge in [0.1, 0.15) is 0 Å². The number of aliphatic hydroxyl groups excluding tert-OH is 1. The van der Waals surface area contributed by atoms with Crippen molar-refractivity contribution in [3.63, 3.8) is 0 Å². The van der Waals surface area contributed by atoms with Crippen LogP contribution in [0.2, 0.25) is 0 Å². The quantitative estimate of drug-likeness (QED) is 0.614. The number of hydrogen-bond acceptors (Lipinski definition) is 4. The molecule has 0 fully saturated rings. The van der Waals surface area contributed by atoms with E-state index in [1.165, 1.54) is 0 Å². The van der Waals surface area contributed by atoms with Gasteiger partial charge in [0.25, 0.3) is 0 Å².